The smallest absolute Gasteiger partial charge is 0.258 e. The fourth-order valence-corrected chi connectivity index (χ4v) is 3.45. The maximum Gasteiger partial charge on any atom is 0.258 e. The van der Waals surface area contributed by atoms with E-state index >= 15 is 0 Å². The van der Waals surface area contributed by atoms with Crippen molar-refractivity contribution in [3.05, 3.63) is 69.7 Å². The second-order valence-electron chi connectivity index (χ2n) is 4.74. The number of fused-ring (bicyclic) bond motifs is 1. The van der Waals surface area contributed by atoms with Crippen molar-refractivity contribution in [3.8, 4) is 0 Å². The molecule has 1 aromatic heterocycles. The second-order valence-corrected chi connectivity index (χ2v) is 7.17. The minimum atomic E-state index is -3.61. The van der Waals surface area contributed by atoms with Crippen LogP contribution in [0.3, 0.4) is 0 Å². The number of para-hydroxylation sites is 1. The predicted octanol–water partition coefficient (Wildman–Crippen LogP) is 2.55. The lowest BCUT2D eigenvalue weighted by molar-refractivity contribution is 0.594. The number of H-pyrrole nitrogens is 1. The van der Waals surface area contributed by atoms with Gasteiger partial charge < -0.3 is 4.98 Å². The SMILES string of the molecule is O=c1[nH]c(CS(=O)(=O)c2ccc(Cl)cc2)nc2ccccc12. The molecule has 0 aliphatic rings. The normalized spacial score (nSPS) is 11.7. The quantitative estimate of drug-likeness (QED) is 0.798. The number of rotatable bonds is 3. The number of aromatic amines is 1. The largest absolute Gasteiger partial charge is 0.309 e. The molecule has 0 radical (unpaired) electrons. The summed E-state index contributed by atoms with van der Waals surface area (Å²) in [5, 5.41) is 0.881. The van der Waals surface area contributed by atoms with Gasteiger partial charge in [-0.25, -0.2) is 13.4 Å². The number of benzene rings is 2. The van der Waals surface area contributed by atoms with Gasteiger partial charge in [0.15, 0.2) is 9.84 Å². The van der Waals surface area contributed by atoms with Crippen molar-refractivity contribution >= 4 is 32.3 Å². The molecule has 0 atom stereocenters. The fourth-order valence-electron chi connectivity index (χ4n) is 2.11. The highest BCUT2D eigenvalue weighted by Gasteiger charge is 2.17. The van der Waals surface area contributed by atoms with Gasteiger partial charge in [-0.1, -0.05) is 23.7 Å². The van der Waals surface area contributed by atoms with Crippen molar-refractivity contribution in [3.63, 3.8) is 0 Å². The number of sulfone groups is 1. The molecule has 0 aliphatic carbocycles. The molecule has 0 saturated heterocycles. The molecule has 2 aromatic carbocycles. The highest BCUT2D eigenvalue weighted by Crippen LogP contribution is 2.18. The molecule has 3 aromatic rings. The van der Waals surface area contributed by atoms with Gasteiger partial charge >= 0.3 is 0 Å². The van der Waals surface area contributed by atoms with Crippen molar-refractivity contribution in [1.29, 1.82) is 0 Å². The van der Waals surface area contributed by atoms with Gasteiger partial charge in [0.25, 0.3) is 5.56 Å². The standard InChI is InChI=1S/C15H11ClN2O3S/c16-10-5-7-11(8-6-10)22(20,21)9-14-17-13-4-2-1-3-12(13)15(19)18-14/h1-8H,9H2,(H,17,18,19). The summed E-state index contributed by atoms with van der Waals surface area (Å²) in [5.41, 5.74) is 0.111. The Balaban J connectivity index is 2.02. The van der Waals surface area contributed by atoms with E-state index in [1.54, 1.807) is 24.3 Å². The molecule has 5 nitrogen and oxygen atoms in total. The van der Waals surface area contributed by atoms with E-state index in [-0.39, 0.29) is 22.0 Å². The lowest BCUT2D eigenvalue weighted by atomic mass is 10.2. The summed E-state index contributed by atoms with van der Waals surface area (Å²) < 4.78 is 24.7. The van der Waals surface area contributed by atoms with Crippen LogP contribution in [0.2, 0.25) is 5.02 Å². The molecule has 0 fully saturated rings. The number of halogens is 1. The van der Waals surface area contributed by atoms with Gasteiger partial charge in [-0.15, -0.1) is 0 Å². The highest BCUT2D eigenvalue weighted by atomic mass is 35.5. The maximum absolute atomic E-state index is 12.4. The first kappa shape index (κ1) is 14.7. The van der Waals surface area contributed by atoms with Crippen LogP contribution >= 0.6 is 11.6 Å². The Bertz CT molecular complexity index is 995. The van der Waals surface area contributed by atoms with Crippen LogP contribution in [0.25, 0.3) is 10.9 Å². The topological polar surface area (TPSA) is 79.9 Å². The summed E-state index contributed by atoms with van der Waals surface area (Å²) in [4.78, 5) is 18.8. The van der Waals surface area contributed by atoms with Crippen LogP contribution in [0.4, 0.5) is 0 Å². The molecule has 112 valence electrons. The minimum absolute atomic E-state index is 0.110. The first-order valence-electron chi connectivity index (χ1n) is 6.42. The Morgan fingerprint density at radius 1 is 1.05 bits per heavy atom. The molecular weight excluding hydrogens is 324 g/mol. The molecule has 7 heteroatoms. The Labute approximate surface area is 131 Å². The molecule has 0 aliphatic heterocycles. The number of hydrogen-bond donors (Lipinski definition) is 1. The van der Waals surface area contributed by atoms with E-state index in [4.69, 9.17) is 11.6 Å². The fraction of sp³-hybridized carbons (Fsp3) is 0.0667. The maximum atomic E-state index is 12.4. The van der Waals surface area contributed by atoms with Crippen molar-refractivity contribution in [1.82, 2.24) is 9.97 Å². The van der Waals surface area contributed by atoms with Crippen LogP contribution in [0.5, 0.6) is 0 Å². The van der Waals surface area contributed by atoms with Crippen molar-refractivity contribution in [2.75, 3.05) is 0 Å². The average molecular weight is 335 g/mol. The third-order valence-corrected chi connectivity index (χ3v) is 5.06. The van der Waals surface area contributed by atoms with Gasteiger partial charge in [0, 0.05) is 5.02 Å². The van der Waals surface area contributed by atoms with Crippen LogP contribution in [0.15, 0.2) is 58.2 Å². The van der Waals surface area contributed by atoms with Crippen LogP contribution in [0, 0.1) is 0 Å². The van der Waals surface area contributed by atoms with E-state index in [9.17, 15) is 13.2 Å². The summed E-state index contributed by atoms with van der Waals surface area (Å²) in [6, 6.07) is 12.6. The minimum Gasteiger partial charge on any atom is -0.309 e. The third-order valence-electron chi connectivity index (χ3n) is 3.16. The molecule has 3 rings (SSSR count). The molecule has 1 N–H and O–H groups in total. The Hall–Kier alpha value is -2.18. The van der Waals surface area contributed by atoms with E-state index in [1.165, 1.54) is 24.3 Å². The molecule has 1 heterocycles. The van der Waals surface area contributed by atoms with E-state index in [0.29, 0.717) is 15.9 Å². The van der Waals surface area contributed by atoms with E-state index in [2.05, 4.69) is 9.97 Å². The van der Waals surface area contributed by atoms with Gasteiger partial charge in [-0.2, -0.15) is 0 Å². The summed E-state index contributed by atoms with van der Waals surface area (Å²) in [6.07, 6.45) is 0. The molecule has 0 amide bonds. The predicted molar refractivity (Wildman–Crippen MR) is 84.7 cm³/mol. The lowest BCUT2D eigenvalue weighted by Gasteiger charge is -2.05. The molecule has 0 saturated carbocycles. The highest BCUT2D eigenvalue weighted by molar-refractivity contribution is 7.90. The Morgan fingerprint density at radius 3 is 2.45 bits per heavy atom. The van der Waals surface area contributed by atoms with Gasteiger partial charge in [-0.05, 0) is 36.4 Å². The Morgan fingerprint density at radius 2 is 1.73 bits per heavy atom. The molecule has 0 bridgehead atoms. The number of aromatic nitrogens is 2. The third kappa shape index (κ3) is 2.88. The first-order valence-corrected chi connectivity index (χ1v) is 8.45. The van der Waals surface area contributed by atoms with Crippen molar-refractivity contribution in [2.24, 2.45) is 0 Å². The zero-order chi connectivity index (χ0) is 15.7. The number of nitrogens with zero attached hydrogens (tertiary/aromatic N) is 1. The summed E-state index contributed by atoms with van der Waals surface area (Å²) in [5.74, 6) is -0.270. The lowest BCUT2D eigenvalue weighted by Crippen LogP contribution is -2.15. The van der Waals surface area contributed by atoms with Crippen LogP contribution < -0.4 is 5.56 Å². The first-order chi connectivity index (χ1) is 10.5. The molecule has 0 unspecified atom stereocenters. The van der Waals surface area contributed by atoms with Gasteiger partial charge in [0.2, 0.25) is 0 Å². The second kappa shape index (κ2) is 5.55. The van der Waals surface area contributed by atoms with Gasteiger partial charge in [-0.3, -0.25) is 4.79 Å². The van der Waals surface area contributed by atoms with Crippen molar-refractivity contribution in [2.45, 2.75) is 10.6 Å². The van der Waals surface area contributed by atoms with E-state index in [1.807, 2.05) is 0 Å². The number of nitrogens with one attached hydrogen (secondary N) is 1. The summed E-state index contributed by atoms with van der Waals surface area (Å²) in [7, 11) is -3.61. The summed E-state index contributed by atoms with van der Waals surface area (Å²) >= 11 is 5.75. The van der Waals surface area contributed by atoms with E-state index in [0.717, 1.165) is 0 Å². The zero-order valence-corrected chi connectivity index (χ0v) is 12.9. The number of hydrogen-bond acceptors (Lipinski definition) is 4. The Kier molecular flexibility index (Phi) is 3.72. The van der Waals surface area contributed by atoms with Gasteiger partial charge in [0.1, 0.15) is 11.6 Å². The average Bonchev–Trinajstić information content (AvgIpc) is 2.47. The van der Waals surface area contributed by atoms with E-state index < -0.39 is 9.84 Å². The van der Waals surface area contributed by atoms with Crippen LogP contribution in [0.1, 0.15) is 5.82 Å². The molecular formula is C15H11ClN2O3S. The van der Waals surface area contributed by atoms with Crippen LogP contribution in [-0.4, -0.2) is 18.4 Å². The van der Waals surface area contributed by atoms with Crippen molar-refractivity contribution < 1.29 is 8.42 Å². The summed E-state index contributed by atoms with van der Waals surface area (Å²) in [6.45, 7) is 0. The molecule has 22 heavy (non-hydrogen) atoms. The molecule has 0 spiro atoms. The monoisotopic (exact) mass is 334 g/mol. The van der Waals surface area contributed by atoms with Gasteiger partial charge in [0.05, 0.1) is 15.8 Å². The zero-order valence-electron chi connectivity index (χ0n) is 11.3. The van der Waals surface area contributed by atoms with Crippen LogP contribution in [-0.2, 0) is 15.6 Å².